The molecule has 4 rings (SSSR count). The number of nitrogens with zero attached hydrogens (tertiary/aromatic N) is 15. The highest BCUT2D eigenvalue weighted by molar-refractivity contribution is 5.04. The first-order valence-electron chi connectivity index (χ1n) is 15.4. The van der Waals surface area contributed by atoms with Crippen LogP contribution in [-0.4, -0.2) is 177 Å². The first-order chi connectivity index (χ1) is 25.0. The predicted octanol–water partition coefficient (Wildman–Crippen LogP) is -2.10. The van der Waals surface area contributed by atoms with Gasteiger partial charge in [0, 0.05) is 24.6 Å². The summed E-state index contributed by atoms with van der Waals surface area (Å²) in [4.78, 5) is 13.2. The SMILES string of the molecule is [N-]=[N+]=NCC1O[C@H](OC2C(CO)O[C@@H](OC3C(O)C(N=[N+]=[N-])CC(N=[N+]=[N-])C3OC3OC(CO)C(O)C(O)C3N=[N+]=[N-])C2O)C(N=[N+]=[N-])C(O)[C@@H]1O. The molecule has 3 saturated heterocycles. The van der Waals surface area contributed by atoms with E-state index in [9.17, 15) is 46.4 Å². The van der Waals surface area contributed by atoms with E-state index in [1.807, 2.05) is 0 Å². The molecule has 3 aliphatic heterocycles. The quantitative estimate of drug-likeness (QED) is 0.0536. The lowest BCUT2D eigenvalue weighted by Gasteiger charge is -2.46. The fraction of sp³-hybridized carbons (Fsp3) is 1.00. The van der Waals surface area contributed by atoms with Gasteiger partial charge in [0.1, 0.15) is 54.8 Å². The molecule has 0 spiro atoms. The summed E-state index contributed by atoms with van der Waals surface area (Å²) in [6.45, 7) is -2.21. The first kappa shape index (κ1) is 40.8. The third kappa shape index (κ3) is 8.61. The van der Waals surface area contributed by atoms with Gasteiger partial charge in [0.05, 0.1) is 62.4 Å². The van der Waals surface area contributed by atoms with Crippen molar-refractivity contribution in [1.29, 1.82) is 0 Å². The molecule has 29 nitrogen and oxygen atoms in total. The van der Waals surface area contributed by atoms with Gasteiger partial charge in [0.25, 0.3) is 0 Å². The minimum absolute atomic E-state index is 0.364. The molecule has 286 valence electrons. The Hall–Kier alpha value is -4.01. The molecule has 0 aromatic rings. The minimum Gasteiger partial charge on any atom is -0.394 e. The molecular formula is C23H35N15O14. The number of ether oxygens (including phenoxy) is 6. The molecule has 0 amide bonds. The Balaban J connectivity index is 1.65. The molecule has 16 unspecified atom stereocenters. The highest BCUT2D eigenvalue weighted by Gasteiger charge is 2.55. The van der Waals surface area contributed by atoms with E-state index in [4.69, 9.17) is 50.5 Å². The Morgan fingerprint density at radius 1 is 0.500 bits per heavy atom. The molecule has 3 heterocycles. The summed E-state index contributed by atoms with van der Waals surface area (Å²) < 4.78 is 34.4. The van der Waals surface area contributed by atoms with Crippen molar-refractivity contribution < 1.29 is 69.3 Å². The van der Waals surface area contributed by atoms with E-state index in [2.05, 4.69) is 50.1 Å². The largest absolute Gasteiger partial charge is 0.394 e. The lowest BCUT2D eigenvalue weighted by Crippen LogP contribution is -2.63. The maximum atomic E-state index is 11.3. The Morgan fingerprint density at radius 3 is 1.52 bits per heavy atom. The molecule has 4 fully saturated rings. The molecular weight excluding hydrogens is 710 g/mol. The topological polar surface area (TPSA) is 461 Å². The van der Waals surface area contributed by atoms with Crippen LogP contribution < -0.4 is 0 Å². The Labute approximate surface area is 289 Å². The highest BCUT2D eigenvalue weighted by Crippen LogP contribution is 2.37. The molecule has 4 aliphatic rings. The summed E-state index contributed by atoms with van der Waals surface area (Å²) in [6, 6.07) is -6.05. The molecule has 8 N–H and O–H groups in total. The van der Waals surface area contributed by atoms with Crippen LogP contribution in [0.1, 0.15) is 6.42 Å². The van der Waals surface area contributed by atoms with Crippen molar-refractivity contribution in [2.45, 2.75) is 123 Å². The molecule has 0 aromatic heterocycles. The van der Waals surface area contributed by atoms with E-state index in [-0.39, 0.29) is 6.42 Å². The van der Waals surface area contributed by atoms with Crippen LogP contribution in [0.2, 0.25) is 0 Å². The molecule has 1 aliphatic carbocycles. The van der Waals surface area contributed by atoms with Crippen molar-refractivity contribution >= 4 is 0 Å². The Bertz CT molecular complexity index is 1470. The fourth-order valence-corrected chi connectivity index (χ4v) is 6.28. The zero-order valence-corrected chi connectivity index (χ0v) is 26.5. The summed E-state index contributed by atoms with van der Waals surface area (Å²) in [7, 11) is 0. The summed E-state index contributed by atoms with van der Waals surface area (Å²) in [5.41, 5.74) is 45.3. The van der Waals surface area contributed by atoms with E-state index in [0.717, 1.165) is 0 Å². The van der Waals surface area contributed by atoms with Crippen molar-refractivity contribution in [3.8, 4) is 0 Å². The van der Waals surface area contributed by atoms with Crippen LogP contribution in [0.25, 0.3) is 52.2 Å². The van der Waals surface area contributed by atoms with Crippen molar-refractivity contribution in [1.82, 2.24) is 0 Å². The second-order valence-corrected chi connectivity index (χ2v) is 11.8. The van der Waals surface area contributed by atoms with Gasteiger partial charge in [0.2, 0.25) is 0 Å². The average Bonchev–Trinajstić information content (AvgIpc) is 3.43. The number of hydrogen-bond acceptors (Lipinski definition) is 19. The monoisotopic (exact) mass is 745 g/mol. The average molecular weight is 746 g/mol. The normalized spacial score (nSPS) is 44.5. The molecule has 29 heteroatoms. The van der Waals surface area contributed by atoms with Gasteiger partial charge in [-0.15, -0.1) is 0 Å². The van der Waals surface area contributed by atoms with Crippen LogP contribution in [0.4, 0.5) is 0 Å². The number of aliphatic hydroxyl groups is 8. The second kappa shape index (κ2) is 18.7. The lowest BCUT2D eigenvalue weighted by molar-refractivity contribution is -0.310. The van der Waals surface area contributed by atoms with Gasteiger partial charge < -0.3 is 69.3 Å². The third-order valence-corrected chi connectivity index (χ3v) is 8.87. The maximum absolute atomic E-state index is 11.3. The fourth-order valence-electron chi connectivity index (χ4n) is 6.28. The summed E-state index contributed by atoms with van der Waals surface area (Å²) in [5, 5.41) is 102. The van der Waals surface area contributed by atoms with E-state index < -0.39 is 136 Å². The first-order valence-corrected chi connectivity index (χ1v) is 15.4. The number of azide groups is 5. The molecule has 0 bridgehead atoms. The smallest absolute Gasteiger partial charge is 0.187 e. The van der Waals surface area contributed by atoms with Gasteiger partial charge >= 0.3 is 0 Å². The van der Waals surface area contributed by atoms with Gasteiger partial charge in [-0.25, -0.2) is 0 Å². The van der Waals surface area contributed by atoms with Gasteiger partial charge in [0.15, 0.2) is 18.9 Å². The zero-order valence-electron chi connectivity index (χ0n) is 26.5. The van der Waals surface area contributed by atoms with Crippen LogP contribution in [0.15, 0.2) is 25.6 Å². The van der Waals surface area contributed by atoms with Crippen LogP contribution in [0, 0.1) is 0 Å². The summed E-state index contributed by atoms with van der Waals surface area (Å²) in [6.07, 6.45) is -26.0. The Morgan fingerprint density at radius 2 is 0.981 bits per heavy atom. The lowest BCUT2D eigenvalue weighted by atomic mass is 9.84. The number of rotatable bonds is 14. The maximum Gasteiger partial charge on any atom is 0.187 e. The zero-order chi connectivity index (χ0) is 38.1. The van der Waals surface area contributed by atoms with Crippen LogP contribution >= 0.6 is 0 Å². The van der Waals surface area contributed by atoms with E-state index in [1.165, 1.54) is 0 Å². The molecule has 0 radical (unpaired) electrons. The van der Waals surface area contributed by atoms with Crippen LogP contribution in [-0.2, 0) is 28.4 Å². The number of hydrogen-bond donors (Lipinski definition) is 8. The van der Waals surface area contributed by atoms with Crippen LogP contribution in [0.5, 0.6) is 0 Å². The molecule has 52 heavy (non-hydrogen) atoms. The van der Waals surface area contributed by atoms with Gasteiger partial charge in [-0.3, -0.25) is 0 Å². The van der Waals surface area contributed by atoms with Crippen molar-refractivity contribution in [3.05, 3.63) is 52.2 Å². The van der Waals surface area contributed by atoms with Gasteiger partial charge in [-0.05, 0) is 34.1 Å². The number of aliphatic hydroxyl groups excluding tert-OH is 8. The minimum atomic E-state index is -1.92. The van der Waals surface area contributed by atoms with Crippen molar-refractivity contribution in [2.24, 2.45) is 25.6 Å². The third-order valence-electron chi connectivity index (χ3n) is 8.87. The molecule has 19 atom stereocenters. The molecule has 1 saturated carbocycles. The predicted molar refractivity (Wildman–Crippen MR) is 161 cm³/mol. The van der Waals surface area contributed by atoms with E-state index >= 15 is 0 Å². The van der Waals surface area contributed by atoms with E-state index in [1.54, 1.807) is 0 Å². The Kier molecular flexibility index (Phi) is 14.6. The summed E-state index contributed by atoms with van der Waals surface area (Å²) in [5.74, 6) is 0. The summed E-state index contributed by atoms with van der Waals surface area (Å²) >= 11 is 0. The highest BCUT2D eigenvalue weighted by atomic mass is 16.8. The van der Waals surface area contributed by atoms with Crippen LogP contribution in [0.3, 0.4) is 0 Å². The van der Waals surface area contributed by atoms with Gasteiger partial charge in [-0.1, -0.05) is 25.6 Å². The van der Waals surface area contributed by atoms with Crippen molar-refractivity contribution in [2.75, 3.05) is 19.8 Å². The molecule has 0 aromatic carbocycles. The second-order valence-electron chi connectivity index (χ2n) is 11.8. The van der Waals surface area contributed by atoms with Gasteiger partial charge in [-0.2, -0.15) is 0 Å². The standard InChI is InChI=1S/C23H35N15O14/c24-34-29-2-7-13(42)15(44)10(32-37-27)21(47-7)51-19-9(4-40)49-23(17(19)46)52-20-12(41)5(30-35-25)1-6(31-36-26)18(20)50-22-11(33-38-28)16(45)14(43)8(3-39)48-22/h5-23,39-46H,1-4H2/t5?,6?,7?,8?,9?,10?,11?,12?,13-,14?,15?,16?,17?,18?,19?,20?,21-,22?,23+/m1/s1. The van der Waals surface area contributed by atoms with Crippen molar-refractivity contribution in [3.63, 3.8) is 0 Å². The van der Waals surface area contributed by atoms with E-state index in [0.29, 0.717) is 0 Å².